The molecule has 118 valence electrons. The molecule has 1 N–H and O–H groups in total. The number of methoxy groups -OCH3 is 1. The van der Waals surface area contributed by atoms with E-state index in [1.165, 1.54) is 0 Å². The topological polar surface area (TPSA) is 54.7 Å². The smallest absolute Gasteiger partial charge is 0.317 e. The average molecular weight is 367 g/mol. The van der Waals surface area contributed by atoms with Crippen molar-refractivity contribution in [2.24, 2.45) is 0 Å². The Morgan fingerprint density at radius 2 is 2.09 bits per heavy atom. The third-order valence-electron chi connectivity index (χ3n) is 3.11. The lowest BCUT2D eigenvalue weighted by molar-refractivity contribution is 0.185. The van der Waals surface area contributed by atoms with Crippen LogP contribution in [0.3, 0.4) is 0 Å². The van der Waals surface area contributed by atoms with Crippen molar-refractivity contribution >= 4 is 22.0 Å². The molecular formula is C16H19BrN2O3. The molecule has 0 saturated heterocycles. The van der Waals surface area contributed by atoms with E-state index >= 15 is 0 Å². The van der Waals surface area contributed by atoms with Gasteiger partial charge in [-0.15, -0.1) is 0 Å². The number of benzene rings is 1. The Labute approximate surface area is 138 Å². The maximum Gasteiger partial charge on any atom is 0.317 e. The Kier molecular flexibility index (Phi) is 6.03. The summed E-state index contributed by atoms with van der Waals surface area (Å²) in [7, 11) is 3.39. The van der Waals surface area contributed by atoms with E-state index in [2.05, 4.69) is 21.2 Å². The summed E-state index contributed by atoms with van der Waals surface area (Å²) in [6, 6.07) is 11.4. The lowest BCUT2D eigenvalue weighted by Crippen LogP contribution is -2.36. The van der Waals surface area contributed by atoms with Crippen LogP contribution in [0.5, 0.6) is 0 Å². The van der Waals surface area contributed by atoms with E-state index in [0.29, 0.717) is 24.4 Å². The highest BCUT2D eigenvalue weighted by Gasteiger charge is 2.11. The van der Waals surface area contributed by atoms with E-state index < -0.39 is 0 Å². The van der Waals surface area contributed by atoms with Crippen LogP contribution in [0.4, 0.5) is 4.79 Å². The van der Waals surface area contributed by atoms with Crippen molar-refractivity contribution in [2.45, 2.75) is 19.7 Å². The van der Waals surface area contributed by atoms with Crippen LogP contribution < -0.4 is 5.32 Å². The first-order chi connectivity index (χ1) is 10.6. The van der Waals surface area contributed by atoms with Crippen molar-refractivity contribution in [3.05, 3.63) is 58.0 Å². The Balaban J connectivity index is 1.85. The fourth-order valence-corrected chi connectivity index (χ4v) is 2.39. The molecule has 5 nitrogen and oxygen atoms in total. The summed E-state index contributed by atoms with van der Waals surface area (Å²) in [6.07, 6.45) is 0. The molecule has 0 aliphatic carbocycles. The number of hydrogen-bond acceptors (Lipinski definition) is 3. The molecule has 22 heavy (non-hydrogen) atoms. The number of furan rings is 1. The minimum atomic E-state index is -0.148. The van der Waals surface area contributed by atoms with Crippen LogP contribution in [0, 0.1) is 0 Å². The Morgan fingerprint density at radius 1 is 1.32 bits per heavy atom. The van der Waals surface area contributed by atoms with E-state index in [4.69, 9.17) is 9.15 Å². The summed E-state index contributed by atoms with van der Waals surface area (Å²) in [4.78, 5) is 13.6. The number of hydrogen-bond donors (Lipinski definition) is 1. The molecule has 1 aromatic heterocycles. The molecule has 0 radical (unpaired) electrons. The Morgan fingerprint density at radius 3 is 2.77 bits per heavy atom. The molecule has 1 heterocycles. The quantitative estimate of drug-likeness (QED) is 0.850. The first-order valence-corrected chi connectivity index (χ1v) is 7.67. The van der Waals surface area contributed by atoms with Gasteiger partial charge in [0, 0.05) is 20.7 Å². The zero-order valence-corrected chi connectivity index (χ0v) is 14.2. The van der Waals surface area contributed by atoms with E-state index in [0.717, 1.165) is 16.9 Å². The van der Waals surface area contributed by atoms with Gasteiger partial charge in [0.25, 0.3) is 0 Å². The van der Waals surface area contributed by atoms with Crippen LogP contribution in [0.1, 0.15) is 16.9 Å². The third kappa shape index (κ3) is 4.89. The standard InChI is InChI=1S/C16H19BrN2O3/c1-19(10-14-6-7-15(17)22-14)16(20)18-9-12-4-3-5-13(8-12)11-21-2/h3-8H,9-11H2,1-2H3,(H,18,20). The van der Waals surface area contributed by atoms with E-state index in [1.807, 2.05) is 36.4 Å². The third-order valence-corrected chi connectivity index (χ3v) is 3.54. The van der Waals surface area contributed by atoms with Crippen LogP contribution in [0.15, 0.2) is 45.5 Å². The molecule has 0 spiro atoms. The molecule has 0 bridgehead atoms. The molecule has 0 unspecified atom stereocenters. The van der Waals surface area contributed by atoms with Crippen LogP contribution in [-0.4, -0.2) is 25.1 Å². The summed E-state index contributed by atoms with van der Waals surface area (Å²) in [5.41, 5.74) is 2.13. The van der Waals surface area contributed by atoms with Crippen LogP contribution in [0.2, 0.25) is 0 Å². The highest BCUT2D eigenvalue weighted by atomic mass is 79.9. The Bertz CT molecular complexity index is 627. The van der Waals surface area contributed by atoms with Crippen molar-refractivity contribution in [3.63, 3.8) is 0 Å². The maximum atomic E-state index is 12.1. The van der Waals surface area contributed by atoms with E-state index in [1.54, 1.807) is 19.1 Å². The van der Waals surface area contributed by atoms with Gasteiger partial charge >= 0.3 is 6.03 Å². The number of amides is 2. The highest BCUT2D eigenvalue weighted by Crippen LogP contribution is 2.15. The van der Waals surface area contributed by atoms with Gasteiger partial charge in [-0.05, 0) is 39.2 Å². The summed E-state index contributed by atoms with van der Waals surface area (Å²) in [5.74, 6) is 0.728. The molecule has 0 aliphatic rings. The second kappa shape index (κ2) is 8.00. The van der Waals surface area contributed by atoms with Gasteiger partial charge in [-0.1, -0.05) is 24.3 Å². The van der Waals surface area contributed by atoms with Crippen molar-refractivity contribution < 1.29 is 13.9 Å². The second-order valence-electron chi connectivity index (χ2n) is 4.97. The van der Waals surface area contributed by atoms with E-state index in [-0.39, 0.29) is 6.03 Å². The fourth-order valence-electron chi connectivity index (χ4n) is 2.05. The largest absolute Gasteiger partial charge is 0.452 e. The van der Waals surface area contributed by atoms with Gasteiger partial charge in [0.2, 0.25) is 0 Å². The summed E-state index contributed by atoms with van der Waals surface area (Å²) in [6.45, 7) is 1.46. The molecule has 0 fully saturated rings. The molecule has 0 atom stereocenters. The number of urea groups is 1. The average Bonchev–Trinajstić information content (AvgIpc) is 2.90. The number of nitrogens with one attached hydrogen (secondary N) is 1. The monoisotopic (exact) mass is 366 g/mol. The summed E-state index contributed by atoms with van der Waals surface area (Å²) >= 11 is 3.24. The van der Waals surface area contributed by atoms with Crippen LogP contribution in [-0.2, 0) is 24.4 Å². The minimum absolute atomic E-state index is 0.148. The first kappa shape index (κ1) is 16.6. The van der Waals surface area contributed by atoms with Gasteiger partial charge < -0.3 is 19.4 Å². The van der Waals surface area contributed by atoms with Gasteiger partial charge in [0.15, 0.2) is 4.67 Å². The van der Waals surface area contributed by atoms with Crippen molar-refractivity contribution in [3.8, 4) is 0 Å². The SMILES string of the molecule is COCc1cccc(CNC(=O)N(C)Cc2ccc(Br)o2)c1. The summed E-state index contributed by atoms with van der Waals surface area (Å²) < 4.78 is 11.2. The molecule has 2 aromatic rings. The van der Waals surface area contributed by atoms with Gasteiger partial charge in [0.1, 0.15) is 5.76 Å². The number of rotatable bonds is 6. The predicted molar refractivity (Wildman–Crippen MR) is 87.3 cm³/mol. The number of carbonyl (C=O) groups excluding carboxylic acids is 1. The van der Waals surface area contributed by atoms with Crippen molar-refractivity contribution in [1.29, 1.82) is 0 Å². The van der Waals surface area contributed by atoms with Crippen molar-refractivity contribution in [2.75, 3.05) is 14.2 Å². The van der Waals surface area contributed by atoms with Crippen molar-refractivity contribution in [1.82, 2.24) is 10.2 Å². The number of nitrogens with zero attached hydrogens (tertiary/aromatic N) is 1. The second-order valence-corrected chi connectivity index (χ2v) is 5.76. The maximum absolute atomic E-state index is 12.1. The van der Waals surface area contributed by atoms with E-state index in [9.17, 15) is 4.79 Å². The fraction of sp³-hybridized carbons (Fsp3) is 0.312. The summed E-state index contributed by atoms with van der Waals surface area (Å²) in [5, 5.41) is 2.89. The molecular weight excluding hydrogens is 348 g/mol. The first-order valence-electron chi connectivity index (χ1n) is 6.88. The normalized spacial score (nSPS) is 10.5. The number of halogens is 1. The predicted octanol–water partition coefficient (Wildman–Crippen LogP) is 3.53. The van der Waals surface area contributed by atoms with Crippen LogP contribution in [0.25, 0.3) is 0 Å². The van der Waals surface area contributed by atoms with Gasteiger partial charge in [-0.3, -0.25) is 0 Å². The lowest BCUT2D eigenvalue weighted by atomic mass is 10.1. The number of carbonyl (C=O) groups is 1. The highest BCUT2D eigenvalue weighted by molar-refractivity contribution is 9.10. The van der Waals surface area contributed by atoms with Crippen LogP contribution >= 0.6 is 15.9 Å². The molecule has 1 aromatic carbocycles. The molecule has 2 amide bonds. The van der Waals surface area contributed by atoms with Gasteiger partial charge in [-0.25, -0.2) is 4.79 Å². The molecule has 0 aliphatic heterocycles. The molecule has 0 saturated carbocycles. The minimum Gasteiger partial charge on any atom is -0.452 e. The molecule has 6 heteroatoms. The Hall–Kier alpha value is -1.79. The zero-order chi connectivity index (χ0) is 15.9. The number of ether oxygens (including phenoxy) is 1. The lowest BCUT2D eigenvalue weighted by Gasteiger charge is -2.17. The zero-order valence-electron chi connectivity index (χ0n) is 12.6. The molecule has 2 rings (SSSR count). The van der Waals surface area contributed by atoms with Gasteiger partial charge in [-0.2, -0.15) is 0 Å². The van der Waals surface area contributed by atoms with Gasteiger partial charge in [0.05, 0.1) is 13.2 Å².